The van der Waals surface area contributed by atoms with Crippen molar-refractivity contribution in [1.29, 1.82) is 0 Å². The van der Waals surface area contributed by atoms with Gasteiger partial charge in [-0.1, -0.05) is 17.7 Å². The van der Waals surface area contributed by atoms with E-state index in [9.17, 15) is 10.1 Å². The summed E-state index contributed by atoms with van der Waals surface area (Å²) in [5.41, 5.74) is 5.03. The average molecular weight is 390 g/mol. The van der Waals surface area contributed by atoms with E-state index in [-0.39, 0.29) is 12.3 Å². The highest BCUT2D eigenvalue weighted by Gasteiger charge is 2.08. The standard InChI is InChI=1S/C23H22N2O4/c1-16-4-10-21(17(2)12-16)24-14-19-7-11-22(23(13-19)28-3)29-15-18-5-8-20(9-6-18)25(26)27/h4-14H,15H2,1-3H3. The number of ether oxygens (including phenoxy) is 2. The summed E-state index contributed by atoms with van der Waals surface area (Å²) in [6.07, 6.45) is 1.79. The van der Waals surface area contributed by atoms with Crippen molar-refractivity contribution in [2.24, 2.45) is 4.99 Å². The lowest BCUT2D eigenvalue weighted by Gasteiger charge is -2.11. The number of nitrogens with zero attached hydrogens (tertiary/aromatic N) is 2. The van der Waals surface area contributed by atoms with E-state index in [4.69, 9.17) is 9.47 Å². The van der Waals surface area contributed by atoms with Gasteiger partial charge in [0, 0.05) is 18.3 Å². The van der Waals surface area contributed by atoms with Crippen molar-refractivity contribution in [3.63, 3.8) is 0 Å². The summed E-state index contributed by atoms with van der Waals surface area (Å²) in [5.74, 6) is 1.19. The molecule has 0 aromatic heterocycles. The summed E-state index contributed by atoms with van der Waals surface area (Å²) < 4.78 is 11.3. The van der Waals surface area contributed by atoms with Crippen LogP contribution >= 0.6 is 0 Å². The van der Waals surface area contributed by atoms with Crippen LogP contribution < -0.4 is 9.47 Å². The van der Waals surface area contributed by atoms with Gasteiger partial charge in [0.25, 0.3) is 5.69 Å². The quantitative estimate of drug-likeness (QED) is 0.301. The maximum Gasteiger partial charge on any atom is 0.269 e. The molecule has 0 fully saturated rings. The minimum absolute atomic E-state index is 0.0544. The molecule has 3 rings (SSSR count). The SMILES string of the molecule is COc1cc(C=Nc2ccc(C)cc2C)ccc1OCc1ccc([N+](=O)[O-])cc1. The van der Waals surface area contributed by atoms with E-state index >= 15 is 0 Å². The summed E-state index contributed by atoms with van der Waals surface area (Å²) in [6.45, 7) is 4.38. The van der Waals surface area contributed by atoms with Crippen LogP contribution in [-0.4, -0.2) is 18.2 Å². The van der Waals surface area contributed by atoms with Gasteiger partial charge in [-0.15, -0.1) is 0 Å². The van der Waals surface area contributed by atoms with Gasteiger partial charge in [0.2, 0.25) is 0 Å². The molecule has 148 valence electrons. The highest BCUT2D eigenvalue weighted by atomic mass is 16.6. The third-order valence-electron chi connectivity index (χ3n) is 4.43. The molecule has 0 aliphatic carbocycles. The number of aryl methyl sites for hydroxylation is 2. The number of hydrogen-bond acceptors (Lipinski definition) is 5. The Morgan fingerprint density at radius 3 is 2.41 bits per heavy atom. The normalized spacial score (nSPS) is 10.9. The molecule has 0 spiro atoms. The molecule has 0 atom stereocenters. The molecular formula is C23H22N2O4. The lowest BCUT2D eigenvalue weighted by molar-refractivity contribution is -0.384. The molecule has 0 unspecified atom stereocenters. The molecule has 0 amide bonds. The first-order valence-electron chi connectivity index (χ1n) is 9.12. The van der Waals surface area contributed by atoms with Gasteiger partial charge in [-0.3, -0.25) is 15.1 Å². The highest BCUT2D eigenvalue weighted by molar-refractivity contribution is 5.83. The van der Waals surface area contributed by atoms with Crippen molar-refractivity contribution in [3.05, 3.63) is 93.0 Å². The second-order valence-corrected chi connectivity index (χ2v) is 6.67. The van der Waals surface area contributed by atoms with Crippen molar-refractivity contribution >= 4 is 17.6 Å². The van der Waals surface area contributed by atoms with Gasteiger partial charge in [0.1, 0.15) is 6.61 Å². The number of nitro benzene ring substituents is 1. The molecule has 0 bridgehead atoms. The molecule has 0 aliphatic heterocycles. The van der Waals surface area contributed by atoms with Gasteiger partial charge in [0.05, 0.1) is 17.7 Å². The highest BCUT2D eigenvalue weighted by Crippen LogP contribution is 2.29. The van der Waals surface area contributed by atoms with Crippen molar-refractivity contribution < 1.29 is 14.4 Å². The van der Waals surface area contributed by atoms with E-state index in [1.165, 1.54) is 17.7 Å². The Labute approximate surface area is 169 Å². The smallest absolute Gasteiger partial charge is 0.269 e. The zero-order valence-corrected chi connectivity index (χ0v) is 16.6. The topological polar surface area (TPSA) is 74.0 Å². The number of non-ortho nitro benzene ring substituents is 1. The first-order chi connectivity index (χ1) is 14.0. The van der Waals surface area contributed by atoms with Crippen LogP contribution in [0.4, 0.5) is 11.4 Å². The molecule has 6 heteroatoms. The van der Waals surface area contributed by atoms with Crippen LogP contribution in [0.1, 0.15) is 22.3 Å². The van der Waals surface area contributed by atoms with Gasteiger partial charge in [0.15, 0.2) is 11.5 Å². The summed E-state index contributed by atoms with van der Waals surface area (Å²) in [7, 11) is 1.58. The average Bonchev–Trinajstić information content (AvgIpc) is 2.72. The summed E-state index contributed by atoms with van der Waals surface area (Å²) in [6, 6.07) is 18.0. The maximum atomic E-state index is 10.7. The van der Waals surface area contributed by atoms with E-state index in [2.05, 4.69) is 18.0 Å². The summed E-state index contributed by atoms with van der Waals surface area (Å²) in [4.78, 5) is 14.9. The molecule has 0 aliphatic rings. The molecule has 29 heavy (non-hydrogen) atoms. The van der Waals surface area contributed by atoms with Crippen LogP contribution in [0.3, 0.4) is 0 Å². The van der Waals surface area contributed by atoms with E-state index < -0.39 is 4.92 Å². The first kappa shape index (κ1) is 20.1. The van der Waals surface area contributed by atoms with Crippen molar-refractivity contribution in [2.75, 3.05) is 7.11 Å². The van der Waals surface area contributed by atoms with Gasteiger partial charge in [-0.25, -0.2) is 0 Å². The fourth-order valence-corrected chi connectivity index (χ4v) is 2.85. The van der Waals surface area contributed by atoms with E-state index in [0.29, 0.717) is 11.5 Å². The third-order valence-corrected chi connectivity index (χ3v) is 4.43. The van der Waals surface area contributed by atoms with Crippen molar-refractivity contribution in [1.82, 2.24) is 0 Å². The number of aliphatic imine (C=N–C) groups is 1. The fraction of sp³-hybridized carbons (Fsp3) is 0.174. The van der Waals surface area contributed by atoms with Crippen LogP contribution in [0.15, 0.2) is 65.7 Å². The first-order valence-corrected chi connectivity index (χ1v) is 9.12. The van der Waals surface area contributed by atoms with Crippen LogP contribution in [0.25, 0.3) is 0 Å². The maximum absolute atomic E-state index is 10.7. The number of hydrogen-bond donors (Lipinski definition) is 0. The van der Waals surface area contributed by atoms with Gasteiger partial charge < -0.3 is 9.47 Å². The van der Waals surface area contributed by atoms with E-state index in [1.54, 1.807) is 25.5 Å². The monoisotopic (exact) mass is 390 g/mol. The summed E-state index contributed by atoms with van der Waals surface area (Å²) >= 11 is 0. The van der Waals surface area contributed by atoms with E-state index in [1.807, 2.05) is 37.3 Å². The minimum atomic E-state index is -0.425. The predicted molar refractivity (Wildman–Crippen MR) is 114 cm³/mol. The molecule has 0 saturated heterocycles. The molecule has 0 saturated carbocycles. The van der Waals surface area contributed by atoms with Gasteiger partial charge in [-0.05, 0) is 66.9 Å². The van der Waals surface area contributed by atoms with Crippen LogP contribution in [0.2, 0.25) is 0 Å². The Balaban J connectivity index is 1.71. The molecule has 0 radical (unpaired) electrons. The molecule has 0 heterocycles. The lowest BCUT2D eigenvalue weighted by Crippen LogP contribution is -1.99. The zero-order chi connectivity index (χ0) is 20.8. The van der Waals surface area contributed by atoms with Crippen LogP contribution in [0, 0.1) is 24.0 Å². The zero-order valence-electron chi connectivity index (χ0n) is 16.6. The fourth-order valence-electron chi connectivity index (χ4n) is 2.85. The van der Waals surface area contributed by atoms with Crippen LogP contribution in [0.5, 0.6) is 11.5 Å². The molecule has 3 aromatic carbocycles. The number of nitro groups is 1. The molecule has 0 N–H and O–H groups in total. The third kappa shape index (κ3) is 5.19. The number of rotatable bonds is 7. The van der Waals surface area contributed by atoms with Crippen molar-refractivity contribution in [3.8, 4) is 11.5 Å². The Kier molecular flexibility index (Phi) is 6.24. The lowest BCUT2D eigenvalue weighted by atomic mass is 10.1. The second kappa shape index (κ2) is 9.01. The van der Waals surface area contributed by atoms with Crippen LogP contribution in [-0.2, 0) is 6.61 Å². The van der Waals surface area contributed by atoms with E-state index in [0.717, 1.165) is 22.4 Å². The second-order valence-electron chi connectivity index (χ2n) is 6.67. The van der Waals surface area contributed by atoms with Gasteiger partial charge in [-0.2, -0.15) is 0 Å². The predicted octanol–water partition coefficient (Wildman–Crippen LogP) is 5.55. The van der Waals surface area contributed by atoms with Crippen molar-refractivity contribution in [2.45, 2.75) is 20.5 Å². The minimum Gasteiger partial charge on any atom is -0.493 e. The van der Waals surface area contributed by atoms with Gasteiger partial charge >= 0.3 is 0 Å². The Morgan fingerprint density at radius 2 is 1.76 bits per heavy atom. The number of benzene rings is 3. The molecular weight excluding hydrogens is 368 g/mol. The Morgan fingerprint density at radius 1 is 1.00 bits per heavy atom. The largest absolute Gasteiger partial charge is 0.493 e. The Bertz CT molecular complexity index is 1040. The molecule has 6 nitrogen and oxygen atoms in total. The molecule has 3 aromatic rings. The Hall–Kier alpha value is -3.67. The number of methoxy groups -OCH3 is 1. The summed E-state index contributed by atoms with van der Waals surface area (Å²) in [5, 5.41) is 10.7.